The van der Waals surface area contributed by atoms with Crippen molar-refractivity contribution in [2.75, 3.05) is 27.2 Å². The molecule has 2 heterocycles. The normalized spacial score (nSPS) is 16.9. The zero-order chi connectivity index (χ0) is 24.3. The molecule has 9 nitrogen and oxygen atoms in total. The molecule has 11 heteroatoms. The first-order valence-corrected chi connectivity index (χ1v) is 12.6. The van der Waals surface area contributed by atoms with Gasteiger partial charge in [-0.15, -0.1) is 0 Å². The first-order chi connectivity index (χ1) is 16.3. The molecule has 3 aromatic rings. The quantitative estimate of drug-likeness (QED) is 0.485. The number of methoxy groups -OCH3 is 1. The number of hydrogen-bond acceptors (Lipinski definition) is 7. The van der Waals surface area contributed by atoms with Crippen LogP contribution < -0.4 is 4.74 Å². The second-order valence-corrected chi connectivity index (χ2v) is 10.5. The van der Waals surface area contributed by atoms with E-state index < -0.39 is 15.9 Å². The highest BCUT2D eigenvalue weighted by molar-refractivity contribution is 7.89. The van der Waals surface area contributed by atoms with Gasteiger partial charge in [0.15, 0.2) is 0 Å². The van der Waals surface area contributed by atoms with E-state index >= 15 is 0 Å². The topological polar surface area (TPSA) is 106 Å². The van der Waals surface area contributed by atoms with Gasteiger partial charge >= 0.3 is 0 Å². The standard InChI is InChI=1S/C23H25ClN4O5S/c1-27(15-21-25-22(26-33-21)16-5-9-19(32-2)10-6-16)23(29)17-4-3-13-28(14-17)34(30,31)20-11-7-18(24)8-12-20/h5-12,17H,3-4,13-15H2,1-2H3/t17-/m1/s1. The van der Waals surface area contributed by atoms with Crippen LogP contribution >= 0.6 is 11.6 Å². The number of carbonyl (C=O) groups is 1. The Hall–Kier alpha value is -2.95. The van der Waals surface area contributed by atoms with Crippen molar-refractivity contribution in [1.82, 2.24) is 19.3 Å². The van der Waals surface area contributed by atoms with Gasteiger partial charge in [-0.1, -0.05) is 16.8 Å². The van der Waals surface area contributed by atoms with Gasteiger partial charge in [0, 0.05) is 30.7 Å². The smallest absolute Gasteiger partial charge is 0.246 e. The largest absolute Gasteiger partial charge is 0.497 e. The number of rotatable bonds is 7. The van der Waals surface area contributed by atoms with Gasteiger partial charge in [-0.25, -0.2) is 8.42 Å². The maximum absolute atomic E-state index is 13.1. The van der Waals surface area contributed by atoms with E-state index in [4.69, 9.17) is 20.9 Å². The van der Waals surface area contributed by atoms with Gasteiger partial charge in [0.1, 0.15) is 5.75 Å². The summed E-state index contributed by atoms with van der Waals surface area (Å²) >= 11 is 5.88. The number of nitrogens with zero attached hydrogens (tertiary/aromatic N) is 4. The second-order valence-electron chi connectivity index (χ2n) is 8.09. The first-order valence-electron chi connectivity index (χ1n) is 10.8. The molecule has 1 saturated heterocycles. The Morgan fingerprint density at radius 1 is 1.21 bits per heavy atom. The number of ether oxygens (including phenoxy) is 1. The Morgan fingerprint density at radius 3 is 2.59 bits per heavy atom. The number of halogens is 1. The Kier molecular flexibility index (Phi) is 7.20. The lowest BCUT2D eigenvalue weighted by Gasteiger charge is -2.33. The number of sulfonamides is 1. The minimum Gasteiger partial charge on any atom is -0.497 e. The maximum atomic E-state index is 13.1. The molecule has 0 spiro atoms. The van der Waals surface area contributed by atoms with Crippen LogP contribution in [0.5, 0.6) is 5.75 Å². The summed E-state index contributed by atoms with van der Waals surface area (Å²) in [5.41, 5.74) is 0.764. The number of hydrogen-bond donors (Lipinski definition) is 0. The third-order valence-corrected chi connectivity index (χ3v) is 7.88. The molecule has 0 bridgehead atoms. The fourth-order valence-corrected chi connectivity index (χ4v) is 5.54. The number of piperidine rings is 1. The number of amides is 1. The lowest BCUT2D eigenvalue weighted by Crippen LogP contribution is -2.45. The number of benzene rings is 2. The highest BCUT2D eigenvalue weighted by Gasteiger charge is 2.34. The van der Waals surface area contributed by atoms with E-state index in [1.807, 2.05) is 12.1 Å². The second kappa shape index (κ2) is 10.1. The van der Waals surface area contributed by atoms with Crippen LogP contribution in [-0.2, 0) is 21.4 Å². The van der Waals surface area contributed by atoms with Crippen molar-refractivity contribution in [2.24, 2.45) is 5.92 Å². The van der Waals surface area contributed by atoms with E-state index in [1.54, 1.807) is 38.4 Å². The number of carbonyl (C=O) groups excluding carboxylic acids is 1. The van der Waals surface area contributed by atoms with Gasteiger partial charge in [0.2, 0.25) is 27.6 Å². The molecule has 2 aromatic carbocycles. The van der Waals surface area contributed by atoms with Crippen LogP contribution in [-0.4, -0.2) is 60.9 Å². The highest BCUT2D eigenvalue weighted by Crippen LogP contribution is 2.26. The zero-order valence-corrected chi connectivity index (χ0v) is 20.4. The van der Waals surface area contributed by atoms with Crippen LogP contribution in [0.3, 0.4) is 0 Å². The molecule has 0 radical (unpaired) electrons. The summed E-state index contributed by atoms with van der Waals surface area (Å²) in [4.78, 5) is 19.1. The molecule has 1 aromatic heterocycles. The van der Waals surface area contributed by atoms with Gasteiger partial charge < -0.3 is 14.2 Å². The molecule has 0 unspecified atom stereocenters. The molecule has 4 rings (SSSR count). The highest BCUT2D eigenvalue weighted by atomic mass is 35.5. The minimum atomic E-state index is -3.71. The van der Waals surface area contributed by atoms with Gasteiger partial charge in [-0.05, 0) is 61.4 Å². The Balaban J connectivity index is 1.40. The van der Waals surface area contributed by atoms with Crippen molar-refractivity contribution in [3.63, 3.8) is 0 Å². The Bertz CT molecular complexity index is 1250. The lowest BCUT2D eigenvalue weighted by atomic mass is 9.98. The molecule has 180 valence electrons. The molecule has 0 saturated carbocycles. The SMILES string of the molecule is COc1ccc(-c2noc(CN(C)C(=O)[C@@H]3CCCN(S(=O)(=O)c4ccc(Cl)cc4)C3)n2)cc1. The third-order valence-electron chi connectivity index (χ3n) is 5.75. The van der Waals surface area contributed by atoms with Crippen molar-refractivity contribution in [1.29, 1.82) is 0 Å². The molecule has 1 aliphatic heterocycles. The van der Waals surface area contributed by atoms with E-state index in [0.717, 1.165) is 11.3 Å². The van der Waals surface area contributed by atoms with E-state index in [0.29, 0.717) is 36.1 Å². The Morgan fingerprint density at radius 2 is 1.91 bits per heavy atom. The van der Waals surface area contributed by atoms with Crippen LogP contribution in [0, 0.1) is 5.92 Å². The van der Waals surface area contributed by atoms with Gasteiger partial charge in [0.25, 0.3) is 0 Å². The van der Waals surface area contributed by atoms with Crippen LogP contribution in [0.25, 0.3) is 11.4 Å². The summed E-state index contributed by atoms with van der Waals surface area (Å²) in [6, 6.07) is 13.3. The summed E-state index contributed by atoms with van der Waals surface area (Å²) in [6.45, 7) is 0.616. The van der Waals surface area contributed by atoms with Crippen LogP contribution in [0.15, 0.2) is 57.9 Å². The Labute approximate surface area is 203 Å². The van der Waals surface area contributed by atoms with Crippen molar-refractivity contribution >= 4 is 27.5 Å². The summed E-state index contributed by atoms with van der Waals surface area (Å²) in [5, 5.41) is 4.45. The predicted octanol–water partition coefficient (Wildman–Crippen LogP) is 3.46. The molecule has 34 heavy (non-hydrogen) atoms. The summed E-state index contributed by atoms with van der Waals surface area (Å²) in [6.07, 6.45) is 1.20. The fraction of sp³-hybridized carbons (Fsp3) is 0.348. The third kappa shape index (κ3) is 5.24. The van der Waals surface area contributed by atoms with Crippen molar-refractivity contribution in [2.45, 2.75) is 24.3 Å². The van der Waals surface area contributed by atoms with E-state index in [1.165, 1.54) is 21.3 Å². The molecule has 0 N–H and O–H groups in total. The van der Waals surface area contributed by atoms with Crippen molar-refractivity contribution in [3.8, 4) is 17.1 Å². The van der Waals surface area contributed by atoms with Gasteiger partial charge in [-0.3, -0.25) is 4.79 Å². The van der Waals surface area contributed by atoms with E-state index in [-0.39, 0.29) is 23.9 Å². The first kappa shape index (κ1) is 24.2. The van der Waals surface area contributed by atoms with Crippen molar-refractivity contribution < 1.29 is 22.5 Å². The van der Waals surface area contributed by atoms with E-state index in [2.05, 4.69) is 10.1 Å². The average Bonchev–Trinajstić information content (AvgIpc) is 3.32. The lowest BCUT2D eigenvalue weighted by molar-refractivity contribution is -0.136. The van der Waals surface area contributed by atoms with Gasteiger partial charge in [-0.2, -0.15) is 9.29 Å². The van der Waals surface area contributed by atoms with E-state index in [9.17, 15) is 13.2 Å². The van der Waals surface area contributed by atoms with Crippen LogP contribution in [0.1, 0.15) is 18.7 Å². The van der Waals surface area contributed by atoms with Crippen LogP contribution in [0.2, 0.25) is 5.02 Å². The van der Waals surface area contributed by atoms with Gasteiger partial charge in [0.05, 0.1) is 24.5 Å². The molecule has 1 atom stereocenters. The molecule has 1 amide bonds. The summed E-state index contributed by atoms with van der Waals surface area (Å²) < 4.78 is 37.9. The van der Waals surface area contributed by atoms with Crippen LogP contribution in [0.4, 0.5) is 0 Å². The minimum absolute atomic E-state index is 0.120. The average molecular weight is 505 g/mol. The van der Waals surface area contributed by atoms with Crippen molar-refractivity contribution in [3.05, 3.63) is 59.4 Å². The maximum Gasteiger partial charge on any atom is 0.246 e. The molecular weight excluding hydrogens is 480 g/mol. The fourth-order valence-electron chi connectivity index (χ4n) is 3.89. The zero-order valence-electron chi connectivity index (χ0n) is 18.8. The molecule has 0 aliphatic carbocycles. The molecule has 1 fully saturated rings. The number of aromatic nitrogens is 2. The molecular formula is C23H25ClN4O5S. The predicted molar refractivity (Wildman–Crippen MR) is 126 cm³/mol. The summed E-state index contributed by atoms with van der Waals surface area (Å²) in [7, 11) is -0.473. The monoisotopic (exact) mass is 504 g/mol. The molecule has 1 aliphatic rings. The summed E-state index contributed by atoms with van der Waals surface area (Å²) in [5.74, 6) is 0.807.